The highest BCUT2D eigenvalue weighted by molar-refractivity contribution is 5.94. The third kappa shape index (κ3) is 4.69. The predicted octanol–water partition coefficient (Wildman–Crippen LogP) is 3.39. The summed E-state index contributed by atoms with van der Waals surface area (Å²) < 4.78 is 5.89. The summed E-state index contributed by atoms with van der Waals surface area (Å²) in [7, 11) is 0. The van der Waals surface area contributed by atoms with Crippen LogP contribution in [0.3, 0.4) is 0 Å². The highest BCUT2D eigenvalue weighted by Gasteiger charge is 2.22. The first kappa shape index (κ1) is 20.7. The molecule has 3 aromatic heterocycles. The number of ether oxygens (including phenoxy) is 1. The van der Waals surface area contributed by atoms with Crippen LogP contribution in [-0.4, -0.2) is 39.2 Å². The van der Waals surface area contributed by atoms with Gasteiger partial charge in [0.05, 0.1) is 12.8 Å². The second-order valence-corrected chi connectivity index (χ2v) is 7.83. The van der Waals surface area contributed by atoms with Crippen molar-refractivity contribution in [2.75, 3.05) is 18.5 Å². The van der Waals surface area contributed by atoms with Gasteiger partial charge >= 0.3 is 0 Å². The van der Waals surface area contributed by atoms with E-state index in [9.17, 15) is 4.79 Å². The predicted molar refractivity (Wildman–Crippen MR) is 125 cm³/mol. The fourth-order valence-corrected chi connectivity index (χ4v) is 3.92. The monoisotopic (exact) mass is 440 g/mol. The van der Waals surface area contributed by atoms with E-state index in [1.807, 2.05) is 48.8 Å². The van der Waals surface area contributed by atoms with E-state index >= 15 is 0 Å². The van der Waals surface area contributed by atoms with Crippen LogP contribution < -0.4 is 15.4 Å². The Bertz CT molecular complexity index is 1240. The van der Waals surface area contributed by atoms with Gasteiger partial charge in [-0.25, -0.2) is 4.98 Å². The second-order valence-electron chi connectivity index (χ2n) is 7.83. The molecule has 4 heterocycles. The molecule has 0 unspecified atom stereocenters. The maximum atomic E-state index is 12.6. The number of pyridine rings is 2. The molecule has 0 spiro atoms. The number of hydrogen-bond donors (Lipinski definition) is 3. The number of benzene rings is 1. The Morgan fingerprint density at radius 2 is 2.03 bits per heavy atom. The third-order valence-corrected chi connectivity index (χ3v) is 5.63. The average Bonchev–Trinajstić information content (AvgIpc) is 3.56. The van der Waals surface area contributed by atoms with E-state index in [1.54, 1.807) is 18.6 Å². The van der Waals surface area contributed by atoms with Crippen LogP contribution in [0.15, 0.2) is 67.4 Å². The van der Waals surface area contributed by atoms with Crippen molar-refractivity contribution in [1.29, 1.82) is 0 Å². The normalized spacial score (nSPS) is 12.1. The lowest BCUT2D eigenvalue weighted by Gasteiger charge is -2.12. The lowest BCUT2D eigenvalue weighted by atomic mass is 10.1. The van der Waals surface area contributed by atoms with Crippen molar-refractivity contribution in [3.63, 3.8) is 0 Å². The molecule has 0 fully saturated rings. The van der Waals surface area contributed by atoms with Gasteiger partial charge in [0.1, 0.15) is 11.6 Å². The molecular weight excluding hydrogens is 416 g/mol. The van der Waals surface area contributed by atoms with Gasteiger partial charge < -0.3 is 15.4 Å². The quantitative estimate of drug-likeness (QED) is 0.388. The SMILES string of the molecule is O=C(NCCc1ccncc1)c1cccc(CNc2ncc(-c3cn[nH]c3)c3c2CCO3)c1. The number of H-pyrrole nitrogens is 1. The topological polar surface area (TPSA) is 105 Å². The molecule has 166 valence electrons. The van der Waals surface area contributed by atoms with Crippen LogP contribution >= 0.6 is 0 Å². The number of anilines is 1. The van der Waals surface area contributed by atoms with Gasteiger partial charge in [0.15, 0.2) is 0 Å². The highest BCUT2D eigenvalue weighted by atomic mass is 16.5. The van der Waals surface area contributed by atoms with Crippen LogP contribution in [-0.2, 0) is 19.4 Å². The molecule has 1 aliphatic rings. The zero-order valence-electron chi connectivity index (χ0n) is 18.0. The van der Waals surface area contributed by atoms with Crippen LogP contribution in [0.25, 0.3) is 11.1 Å². The summed E-state index contributed by atoms with van der Waals surface area (Å²) in [6.45, 7) is 1.77. The third-order valence-electron chi connectivity index (χ3n) is 5.63. The average molecular weight is 441 g/mol. The summed E-state index contributed by atoms with van der Waals surface area (Å²) in [4.78, 5) is 21.2. The second kappa shape index (κ2) is 9.52. The molecule has 4 aromatic rings. The summed E-state index contributed by atoms with van der Waals surface area (Å²) in [6.07, 6.45) is 10.5. The number of hydrogen-bond acceptors (Lipinski definition) is 6. The molecule has 1 amide bonds. The highest BCUT2D eigenvalue weighted by Crippen LogP contribution is 2.39. The molecule has 3 N–H and O–H groups in total. The zero-order chi connectivity index (χ0) is 22.5. The fourth-order valence-electron chi connectivity index (χ4n) is 3.92. The van der Waals surface area contributed by atoms with Gasteiger partial charge in [-0.05, 0) is 41.8 Å². The molecule has 1 aliphatic heterocycles. The van der Waals surface area contributed by atoms with Crippen LogP contribution in [0, 0.1) is 0 Å². The van der Waals surface area contributed by atoms with E-state index < -0.39 is 0 Å². The Labute approximate surface area is 191 Å². The van der Waals surface area contributed by atoms with Crippen LogP contribution in [0.4, 0.5) is 5.82 Å². The van der Waals surface area contributed by atoms with Gasteiger partial charge in [-0.3, -0.25) is 14.9 Å². The van der Waals surface area contributed by atoms with E-state index in [1.165, 1.54) is 0 Å². The maximum Gasteiger partial charge on any atom is 0.251 e. The first-order valence-corrected chi connectivity index (χ1v) is 10.9. The van der Waals surface area contributed by atoms with Crippen molar-refractivity contribution in [2.24, 2.45) is 0 Å². The summed E-state index contributed by atoms with van der Waals surface area (Å²) in [5.41, 5.74) is 5.75. The van der Waals surface area contributed by atoms with Crippen molar-refractivity contribution >= 4 is 11.7 Å². The van der Waals surface area contributed by atoms with Gasteiger partial charge in [0.25, 0.3) is 5.91 Å². The summed E-state index contributed by atoms with van der Waals surface area (Å²) in [5, 5.41) is 13.2. The molecule has 0 saturated heterocycles. The number of carbonyl (C=O) groups is 1. The molecule has 0 aliphatic carbocycles. The number of rotatable bonds is 8. The number of carbonyl (C=O) groups excluding carboxylic acids is 1. The zero-order valence-corrected chi connectivity index (χ0v) is 18.0. The number of nitrogens with one attached hydrogen (secondary N) is 3. The molecule has 0 atom stereocenters. The van der Waals surface area contributed by atoms with Gasteiger partial charge in [0, 0.05) is 66.6 Å². The molecule has 0 bridgehead atoms. The van der Waals surface area contributed by atoms with Crippen molar-refractivity contribution in [1.82, 2.24) is 25.5 Å². The fraction of sp³-hybridized carbons (Fsp3) is 0.200. The van der Waals surface area contributed by atoms with Gasteiger partial charge in [-0.15, -0.1) is 0 Å². The molecule has 0 radical (unpaired) electrons. The Hall–Kier alpha value is -4.20. The minimum Gasteiger partial charge on any atom is -0.492 e. The number of amides is 1. The Kier molecular flexibility index (Phi) is 5.97. The molecule has 1 aromatic carbocycles. The van der Waals surface area contributed by atoms with Crippen molar-refractivity contribution < 1.29 is 9.53 Å². The van der Waals surface area contributed by atoms with Crippen LogP contribution in [0.5, 0.6) is 5.75 Å². The summed E-state index contributed by atoms with van der Waals surface area (Å²) in [5.74, 6) is 1.58. The van der Waals surface area contributed by atoms with Crippen LogP contribution in [0.2, 0.25) is 0 Å². The Morgan fingerprint density at radius 3 is 2.88 bits per heavy atom. The van der Waals surface area contributed by atoms with E-state index in [-0.39, 0.29) is 5.91 Å². The Morgan fingerprint density at radius 1 is 1.12 bits per heavy atom. The minimum atomic E-state index is -0.0808. The number of aromatic nitrogens is 4. The smallest absolute Gasteiger partial charge is 0.251 e. The van der Waals surface area contributed by atoms with E-state index in [2.05, 4.69) is 30.8 Å². The first-order chi connectivity index (χ1) is 16.3. The van der Waals surface area contributed by atoms with Crippen LogP contribution in [0.1, 0.15) is 27.0 Å². The lowest BCUT2D eigenvalue weighted by Crippen LogP contribution is -2.25. The largest absolute Gasteiger partial charge is 0.492 e. The molecule has 0 saturated carbocycles. The lowest BCUT2D eigenvalue weighted by molar-refractivity contribution is 0.0954. The molecule has 33 heavy (non-hydrogen) atoms. The molecular formula is C25H24N6O2. The van der Waals surface area contributed by atoms with Crippen molar-refractivity contribution in [3.8, 4) is 16.9 Å². The molecule has 8 heteroatoms. The maximum absolute atomic E-state index is 12.6. The summed E-state index contributed by atoms with van der Waals surface area (Å²) in [6, 6.07) is 11.5. The summed E-state index contributed by atoms with van der Waals surface area (Å²) >= 11 is 0. The minimum absolute atomic E-state index is 0.0808. The standard InChI is InChI=1S/C25H24N6O2/c32-25(27-10-6-17-4-8-26-9-5-17)19-3-1-2-18(12-19)13-28-24-21-7-11-33-23(21)22(16-29-24)20-14-30-31-15-20/h1-5,8-9,12,14-16H,6-7,10-11,13H2,(H,27,32)(H,28,29)(H,30,31). The van der Waals surface area contributed by atoms with E-state index in [4.69, 9.17) is 4.74 Å². The van der Waals surface area contributed by atoms with E-state index in [0.29, 0.717) is 25.3 Å². The number of aromatic amines is 1. The van der Waals surface area contributed by atoms with Crippen molar-refractivity contribution in [2.45, 2.75) is 19.4 Å². The van der Waals surface area contributed by atoms with Gasteiger partial charge in [-0.2, -0.15) is 5.10 Å². The van der Waals surface area contributed by atoms with E-state index in [0.717, 1.165) is 52.2 Å². The molecule has 5 rings (SSSR count). The molecule has 8 nitrogen and oxygen atoms in total. The number of nitrogens with zero attached hydrogens (tertiary/aromatic N) is 3. The Balaban J connectivity index is 1.22. The first-order valence-electron chi connectivity index (χ1n) is 10.9. The number of fused-ring (bicyclic) bond motifs is 1. The van der Waals surface area contributed by atoms with Gasteiger partial charge in [-0.1, -0.05) is 12.1 Å². The van der Waals surface area contributed by atoms with Crippen molar-refractivity contribution in [3.05, 3.63) is 89.6 Å². The van der Waals surface area contributed by atoms with Gasteiger partial charge in [0.2, 0.25) is 0 Å².